The van der Waals surface area contributed by atoms with E-state index in [4.69, 9.17) is 0 Å². The first-order valence-corrected chi connectivity index (χ1v) is 9.48. The SMILES string of the molecule is CCCCCc1cccc(Cc2ccccc2CCCCC)c1. The predicted molar refractivity (Wildman–Crippen MR) is 102 cm³/mol. The van der Waals surface area contributed by atoms with Gasteiger partial charge in [-0.1, -0.05) is 88.1 Å². The molecule has 0 unspecified atom stereocenters. The molecule has 0 atom stereocenters. The van der Waals surface area contributed by atoms with Gasteiger partial charge in [0.25, 0.3) is 0 Å². The topological polar surface area (TPSA) is 0 Å². The van der Waals surface area contributed by atoms with Gasteiger partial charge >= 0.3 is 0 Å². The second-order valence-electron chi connectivity index (χ2n) is 6.68. The molecular formula is C23H32. The Balaban J connectivity index is 2.02. The van der Waals surface area contributed by atoms with Crippen LogP contribution in [0.3, 0.4) is 0 Å². The van der Waals surface area contributed by atoms with E-state index in [1.165, 1.54) is 73.6 Å². The summed E-state index contributed by atoms with van der Waals surface area (Å²) in [6, 6.07) is 18.2. The quantitative estimate of drug-likeness (QED) is 0.426. The van der Waals surface area contributed by atoms with Gasteiger partial charge in [0.2, 0.25) is 0 Å². The van der Waals surface area contributed by atoms with Crippen LogP contribution in [0.15, 0.2) is 48.5 Å². The van der Waals surface area contributed by atoms with Crippen molar-refractivity contribution in [3.63, 3.8) is 0 Å². The maximum atomic E-state index is 2.42. The maximum absolute atomic E-state index is 2.42. The van der Waals surface area contributed by atoms with Crippen molar-refractivity contribution < 1.29 is 0 Å². The number of unbranched alkanes of at least 4 members (excludes halogenated alkanes) is 4. The Labute approximate surface area is 143 Å². The third-order valence-corrected chi connectivity index (χ3v) is 4.62. The highest BCUT2D eigenvalue weighted by atomic mass is 14.1. The average molecular weight is 309 g/mol. The van der Waals surface area contributed by atoms with Crippen molar-refractivity contribution in [1.82, 2.24) is 0 Å². The monoisotopic (exact) mass is 308 g/mol. The summed E-state index contributed by atoms with van der Waals surface area (Å²) in [6.07, 6.45) is 11.4. The number of benzene rings is 2. The van der Waals surface area contributed by atoms with Gasteiger partial charge < -0.3 is 0 Å². The maximum Gasteiger partial charge on any atom is -0.00229 e. The summed E-state index contributed by atoms with van der Waals surface area (Å²) in [6.45, 7) is 4.54. The third-order valence-electron chi connectivity index (χ3n) is 4.62. The molecule has 0 amide bonds. The molecule has 2 aromatic carbocycles. The molecule has 0 heterocycles. The molecule has 0 spiro atoms. The lowest BCUT2D eigenvalue weighted by molar-refractivity contribution is 0.713. The summed E-state index contributed by atoms with van der Waals surface area (Å²) < 4.78 is 0. The molecule has 124 valence electrons. The molecule has 0 N–H and O–H groups in total. The fourth-order valence-corrected chi connectivity index (χ4v) is 3.23. The minimum Gasteiger partial charge on any atom is -0.0654 e. The lowest BCUT2D eigenvalue weighted by Crippen LogP contribution is -1.97. The van der Waals surface area contributed by atoms with Crippen molar-refractivity contribution in [3.05, 3.63) is 70.8 Å². The smallest absolute Gasteiger partial charge is 0.00229 e. The first kappa shape index (κ1) is 17.8. The number of aryl methyl sites for hydroxylation is 2. The van der Waals surface area contributed by atoms with Crippen LogP contribution >= 0.6 is 0 Å². The van der Waals surface area contributed by atoms with Gasteiger partial charge in [0.1, 0.15) is 0 Å². The number of rotatable bonds is 10. The van der Waals surface area contributed by atoms with Crippen LogP contribution in [-0.4, -0.2) is 0 Å². The van der Waals surface area contributed by atoms with E-state index < -0.39 is 0 Å². The van der Waals surface area contributed by atoms with Crippen LogP contribution in [0, 0.1) is 0 Å². The molecule has 0 nitrogen and oxygen atoms in total. The Morgan fingerprint density at radius 1 is 0.609 bits per heavy atom. The van der Waals surface area contributed by atoms with E-state index in [1.807, 2.05) is 0 Å². The van der Waals surface area contributed by atoms with Crippen molar-refractivity contribution in [2.45, 2.75) is 71.6 Å². The van der Waals surface area contributed by atoms with Crippen LogP contribution in [0.2, 0.25) is 0 Å². The highest BCUT2D eigenvalue weighted by molar-refractivity contribution is 5.34. The Kier molecular flexibility index (Phi) is 7.93. The van der Waals surface area contributed by atoms with E-state index >= 15 is 0 Å². The summed E-state index contributed by atoms with van der Waals surface area (Å²) in [5.74, 6) is 0. The molecule has 0 aliphatic carbocycles. The van der Waals surface area contributed by atoms with Crippen molar-refractivity contribution in [2.24, 2.45) is 0 Å². The van der Waals surface area contributed by atoms with Crippen LogP contribution in [0.25, 0.3) is 0 Å². The second kappa shape index (κ2) is 10.3. The zero-order valence-corrected chi connectivity index (χ0v) is 15.0. The van der Waals surface area contributed by atoms with Crippen LogP contribution < -0.4 is 0 Å². The molecule has 23 heavy (non-hydrogen) atoms. The molecule has 0 saturated heterocycles. The Morgan fingerprint density at radius 3 is 2.00 bits per heavy atom. The molecule has 0 fully saturated rings. The van der Waals surface area contributed by atoms with Gasteiger partial charge in [0, 0.05) is 0 Å². The molecule has 0 saturated carbocycles. The van der Waals surface area contributed by atoms with Crippen LogP contribution in [-0.2, 0) is 19.3 Å². The van der Waals surface area contributed by atoms with E-state index in [9.17, 15) is 0 Å². The Bertz CT molecular complexity index is 568. The summed E-state index contributed by atoms with van der Waals surface area (Å²) in [7, 11) is 0. The van der Waals surface area contributed by atoms with Crippen LogP contribution in [0.5, 0.6) is 0 Å². The molecule has 0 aliphatic heterocycles. The fourth-order valence-electron chi connectivity index (χ4n) is 3.23. The minimum absolute atomic E-state index is 1.07. The molecule has 0 heteroatoms. The van der Waals surface area contributed by atoms with E-state index in [2.05, 4.69) is 62.4 Å². The molecule has 2 rings (SSSR count). The van der Waals surface area contributed by atoms with Gasteiger partial charge in [0.15, 0.2) is 0 Å². The summed E-state index contributed by atoms with van der Waals surface area (Å²) in [4.78, 5) is 0. The Hall–Kier alpha value is -1.56. The molecular weight excluding hydrogens is 276 g/mol. The van der Waals surface area contributed by atoms with Crippen molar-refractivity contribution >= 4 is 0 Å². The van der Waals surface area contributed by atoms with E-state index in [0.29, 0.717) is 0 Å². The van der Waals surface area contributed by atoms with Gasteiger partial charge in [0.05, 0.1) is 0 Å². The molecule has 0 bridgehead atoms. The van der Waals surface area contributed by atoms with Gasteiger partial charge in [-0.05, 0) is 54.4 Å². The van der Waals surface area contributed by atoms with Crippen LogP contribution in [0.1, 0.15) is 74.6 Å². The predicted octanol–water partition coefficient (Wildman–Crippen LogP) is 6.74. The van der Waals surface area contributed by atoms with Gasteiger partial charge in [-0.2, -0.15) is 0 Å². The normalized spacial score (nSPS) is 10.9. The van der Waals surface area contributed by atoms with Crippen LogP contribution in [0.4, 0.5) is 0 Å². The molecule has 0 radical (unpaired) electrons. The number of hydrogen-bond acceptors (Lipinski definition) is 0. The van der Waals surface area contributed by atoms with Crippen molar-refractivity contribution in [1.29, 1.82) is 0 Å². The Morgan fingerprint density at radius 2 is 1.26 bits per heavy atom. The molecule has 0 aromatic heterocycles. The van der Waals surface area contributed by atoms with E-state index in [-0.39, 0.29) is 0 Å². The average Bonchev–Trinajstić information content (AvgIpc) is 2.57. The van der Waals surface area contributed by atoms with Crippen molar-refractivity contribution in [2.75, 3.05) is 0 Å². The van der Waals surface area contributed by atoms with Crippen molar-refractivity contribution in [3.8, 4) is 0 Å². The highest BCUT2D eigenvalue weighted by Crippen LogP contribution is 2.18. The molecule has 0 aliphatic rings. The fraction of sp³-hybridized carbons (Fsp3) is 0.478. The largest absolute Gasteiger partial charge is 0.0654 e. The summed E-state index contributed by atoms with van der Waals surface area (Å²) in [5, 5.41) is 0. The van der Waals surface area contributed by atoms with Gasteiger partial charge in [-0.15, -0.1) is 0 Å². The standard InChI is InChI=1S/C23H32/c1-3-5-7-12-20-13-11-14-21(18-20)19-23-17-10-9-16-22(23)15-8-6-4-2/h9-11,13-14,16-18H,3-8,12,15,19H2,1-2H3. The first-order chi connectivity index (χ1) is 11.3. The number of hydrogen-bond donors (Lipinski definition) is 0. The zero-order valence-electron chi connectivity index (χ0n) is 15.0. The zero-order chi connectivity index (χ0) is 16.3. The summed E-state index contributed by atoms with van der Waals surface area (Å²) >= 11 is 0. The highest BCUT2D eigenvalue weighted by Gasteiger charge is 2.04. The van der Waals surface area contributed by atoms with E-state index in [1.54, 1.807) is 0 Å². The van der Waals surface area contributed by atoms with Gasteiger partial charge in [-0.25, -0.2) is 0 Å². The lowest BCUT2D eigenvalue weighted by atomic mass is 9.95. The van der Waals surface area contributed by atoms with Gasteiger partial charge in [-0.3, -0.25) is 0 Å². The summed E-state index contributed by atoms with van der Waals surface area (Å²) in [5.41, 5.74) is 6.01. The second-order valence-corrected chi connectivity index (χ2v) is 6.68. The molecule has 2 aromatic rings. The van der Waals surface area contributed by atoms with E-state index in [0.717, 1.165) is 6.42 Å². The third kappa shape index (κ3) is 6.22. The minimum atomic E-state index is 1.07. The lowest BCUT2D eigenvalue weighted by Gasteiger charge is -2.11. The first-order valence-electron chi connectivity index (χ1n) is 9.48.